The minimum atomic E-state index is -0.472. The Hall–Kier alpha value is -2.10. The predicted octanol–water partition coefficient (Wildman–Crippen LogP) is 2.29. The van der Waals surface area contributed by atoms with Gasteiger partial charge in [0.25, 0.3) is 11.1 Å². The molecule has 3 heterocycles. The molecule has 3 aromatic rings. The first-order valence-electron chi connectivity index (χ1n) is 5.85. The molecule has 0 spiro atoms. The van der Waals surface area contributed by atoms with Crippen LogP contribution in [0.4, 0.5) is 0 Å². The number of hydrazine groups is 1. The van der Waals surface area contributed by atoms with Crippen molar-refractivity contribution in [2.75, 3.05) is 0 Å². The van der Waals surface area contributed by atoms with Crippen LogP contribution in [0, 0.1) is 0 Å². The molecule has 0 fully saturated rings. The van der Waals surface area contributed by atoms with Crippen molar-refractivity contribution in [1.29, 1.82) is 0 Å². The van der Waals surface area contributed by atoms with E-state index in [0.29, 0.717) is 22.4 Å². The molecule has 7 nitrogen and oxygen atoms in total. The molecular weight excluding hydrogens is 312 g/mol. The first kappa shape index (κ1) is 13.9. The maximum atomic E-state index is 11.5. The summed E-state index contributed by atoms with van der Waals surface area (Å²) in [6.45, 7) is 0. The van der Waals surface area contributed by atoms with Gasteiger partial charge in [-0.1, -0.05) is 17.8 Å². The van der Waals surface area contributed by atoms with E-state index >= 15 is 0 Å². The maximum absolute atomic E-state index is 11.5. The van der Waals surface area contributed by atoms with E-state index in [1.807, 2.05) is 22.9 Å². The number of nitrogen functional groups attached to an aromatic ring is 1. The highest BCUT2D eigenvalue weighted by Gasteiger charge is 2.16. The molecule has 0 unspecified atom stereocenters. The number of aromatic nitrogens is 2. The number of carbonyl (C=O) groups excluding carboxylic acids is 1. The van der Waals surface area contributed by atoms with E-state index in [-0.39, 0.29) is 5.76 Å². The summed E-state index contributed by atoms with van der Waals surface area (Å²) in [6.07, 6.45) is 1.44. The molecule has 0 aliphatic heterocycles. The van der Waals surface area contributed by atoms with Crippen molar-refractivity contribution in [2.45, 2.75) is 11.0 Å². The van der Waals surface area contributed by atoms with Crippen LogP contribution in [0.5, 0.6) is 0 Å². The molecule has 9 heteroatoms. The lowest BCUT2D eigenvalue weighted by molar-refractivity contribution is 0.0925. The predicted molar refractivity (Wildman–Crippen MR) is 77.5 cm³/mol. The van der Waals surface area contributed by atoms with Crippen LogP contribution in [-0.4, -0.2) is 16.1 Å². The van der Waals surface area contributed by atoms with E-state index in [1.54, 1.807) is 6.07 Å². The second-order valence-corrected chi connectivity index (χ2v) is 5.76. The van der Waals surface area contributed by atoms with Gasteiger partial charge in [0.2, 0.25) is 0 Å². The average Bonchev–Trinajstić information content (AvgIpc) is 3.23. The number of nitrogens with zero attached hydrogens (tertiary/aromatic N) is 2. The molecule has 0 aromatic carbocycles. The van der Waals surface area contributed by atoms with Gasteiger partial charge in [0, 0.05) is 11.3 Å². The molecule has 1 amide bonds. The summed E-state index contributed by atoms with van der Waals surface area (Å²) in [4.78, 5) is 12.4. The number of nitrogens with two attached hydrogens (primary N) is 1. The van der Waals surface area contributed by atoms with Crippen LogP contribution in [0.2, 0.25) is 0 Å². The summed E-state index contributed by atoms with van der Waals surface area (Å²) in [5.41, 5.74) is 2.74. The van der Waals surface area contributed by atoms with Crippen LogP contribution in [0.3, 0.4) is 0 Å². The molecule has 0 saturated carbocycles. The highest BCUT2D eigenvalue weighted by Crippen LogP contribution is 2.28. The van der Waals surface area contributed by atoms with Gasteiger partial charge in [-0.15, -0.1) is 21.5 Å². The zero-order valence-corrected chi connectivity index (χ0v) is 12.2. The third-order valence-corrected chi connectivity index (χ3v) is 4.30. The third-order valence-electron chi connectivity index (χ3n) is 2.57. The van der Waals surface area contributed by atoms with Crippen LogP contribution in [0.25, 0.3) is 10.8 Å². The van der Waals surface area contributed by atoms with Gasteiger partial charge >= 0.3 is 5.91 Å². The van der Waals surface area contributed by atoms with Crippen LogP contribution in [0.15, 0.2) is 43.9 Å². The number of thioether (sulfide) groups is 1. The SMILES string of the molecule is NNC(=O)c1occc1CSc1nnc(-c2cccs2)o1. The topological polar surface area (TPSA) is 107 Å². The van der Waals surface area contributed by atoms with Gasteiger partial charge in [-0.05, 0) is 17.5 Å². The van der Waals surface area contributed by atoms with Crippen LogP contribution >= 0.6 is 23.1 Å². The Balaban J connectivity index is 1.69. The van der Waals surface area contributed by atoms with E-state index in [2.05, 4.69) is 10.2 Å². The van der Waals surface area contributed by atoms with Crippen molar-refractivity contribution in [1.82, 2.24) is 15.6 Å². The monoisotopic (exact) mass is 322 g/mol. The fourth-order valence-corrected chi connectivity index (χ4v) is 3.01. The van der Waals surface area contributed by atoms with Gasteiger partial charge in [0.1, 0.15) is 0 Å². The van der Waals surface area contributed by atoms with Crippen molar-refractivity contribution in [3.8, 4) is 10.8 Å². The lowest BCUT2D eigenvalue weighted by Gasteiger charge is -1.98. The normalized spacial score (nSPS) is 10.7. The summed E-state index contributed by atoms with van der Waals surface area (Å²) in [5, 5.41) is 10.3. The van der Waals surface area contributed by atoms with Crippen LogP contribution in [0.1, 0.15) is 16.1 Å². The first-order chi connectivity index (χ1) is 10.3. The Morgan fingerprint density at radius 1 is 1.43 bits per heavy atom. The summed E-state index contributed by atoms with van der Waals surface area (Å²) >= 11 is 2.85. The molecule has 0 bridgehead atoms. The van der Waals surface area contributed by atoms with E-state index in [9.17, 15) is 4.79 Å². The van der Waals surface area contributed by atoms with E-state index in [0.717, 1.165) is 4.88 Å². The molecule has 3 aromatic heterocycles. The second-order valence-electron chi connectivity index (χ2n) is 3.89. The Morgan fingerprint density at radius 3 is 3.10 bits per heavy atom. The quantitative estimate of drug-likeness (QED) is 0.321. The lowest BCUT2D eigenvalue weighted by Crippen LogP contribution is -2.30. The number of carbonyl (C=O) groups is 1. The summed E-state index contributed by atoms with van der Waals surface area (Å²) in [7, 11) is 0. The number of thiophene rings is 1. The van der Waals surface area contributed by atoms with E-state index in [4.69, 9.17) is 14.7 Å². The van der Waals surface area contributed by atoms with Gasteiger partial charge < -0.3 is 8.83 Å². The van der Waals surface area contributed by atoms with Crippen molar-refractivity contribution >= 4 is 29.0 Å². The third kappa shape index (κ3) is 2.99. The van der Waals surface area contributed by atoms with Crippen molar-refractivity contribution in [3.63, 3.8) is 0 Å². The van der Waals surface area contributed by atoms with Gasteiger partial charge in [0.15, 0.2) is 5.76 Å². The minimum absolute atomic E-state index is 0.183. The fourth-order valence-electron chi connectivity index (χ4n) is 1.62. The summed E-state index contributed by atoms with van der Waals surface area (Å²) in [6, 6.07) is 5.53. The van der Waals surface area contributed by atoms with Crippen LogP contribution < -0.4 is 11.3 Å². The summed E-state index contributed by atoms with van der Waals surface area (Å²) in [5.74, 6) is 5.75. The standard InChI is InChI=1S/C12H10N4O3S2/c13-14-10(17)9-7(3-4-18-9)6-21-12-16-15-11(19-12)8-2-1-5-20-8/h1-5H,6,13H2,(H,14,17). The van der Waals surface area contributed by atoms with Crippen molar-refractivity contribution in [2.24, 2.45) is 5.84 Å². The van der Waals surface area contributed by atoms with Crippen molar-refractivity contribution < 1.29 is 13.6 Å². The molecule has 0 atom stereocenters. The van der Waals surface area contributed by atoms with E-state index in [1.165, 1.54) is 29.4 Å². The zero-order chi connectivity index (χ0) is 14.7. The van der Waals surface area contributed by atoms with Crippen LogP contribution in [-0.2, 0) is 5.75 Å². The van der Waals surface area contributed by atoms with Gasteiger partial charge in [-0.3, -0.25) is 10.2 Å². The molecule has 21 heavy (non-hydrogen) atoms. The number of furan rings is 1. The Labute approximate surface area is 127 Å². The largest absolute Gasteiger partial charge is 0.459 e. The molecule has 0 aliphatic carbocycles. The van der Waals surface area contributed by atoms with Gasteiger partial charge in [-0.2, -0.15) is 0 Å². The lowest BCUT2D eigenvalue weighted by atomic mass is 10.3. The Bertz CT molecular complexity index is 735. The maximum Gasteiger partial charge on any atom is 0.301 e. The molecule has 0 radical (unpaired) electrons. The molecule has 0 saturated heterocycles. The average molecular weight is 322 g/mol. The first-order valence-corrected chi connectivity index (χ1v) is 7.72. The minimum Gasteiger partial charge on any atom is -0.459 e. The highest BCUT2D eigenvalue weighted by atomic mass is 32.2. The van der Waals surface area contributed by atoms with Crippen molar-refractivity contribution in [3.05, 3.63) is 41.2 Å². The molecule has 0 aliphatic rings. The fraction of sp³-hybridized carbons (Fsp3) is 0.0833. The number of nitrogens with one attached hydrogen (secondary N) is 1. The summed E-state index contributed by atoms with van der Waals surface area (Å²) < 4.78 is 10.6. The Kier molecular flexibility index (Phi) is 4.04. The zero-order valence-electron chi connectivity index (χ0n) is 10.6. The Morgan fingerprint density at radius 2 is 2.33 bits per heavy atom. The molecule has 3 N–H and O–H groups in total. The smallest absolute Gasteiger partial charge is 0.301 e. The number of hydrogen-bond acceptors (Lipinski definition) is 8. The van der Waals surface area contributed by atoms with E-state index < -0.39 is 5.91 Å². The number of hydrogen-bond donors (Lipinski definition) is 2. The number of amides is 1. The highest BCUT2D eigenvalue weighted by molar-refractivity contribution is 7.98. The molecular formula is C12H10N4O3S2. The van der Waals surface area contributed by atoms with Gasteiger partial charge in [-0.25, -0.2) is 5.84 Å². The second kappa shape index (κ2) is 6.12. The van der Waals surface area contributed by atoms with Gasteiger partial charge in [0.05, 0.1) is 11.1 Å². The number of rotatable bonds is 5. The molecule has 108 valence electrons. The molecule has 3 rings (SSSR count).